The first-order valence-electron chi connectivity index (χ1n) is 7.32. The van der Waals surface area contributed by atoms with Crippen molar-refractivity contribution < 1.29 is 9.53 Å². The predicted octanol–water partition coefficient (Wildman–Crippen LogP) is 2.53. The fourth-order valence-corrected chi connectivity index (χ4v) is 2.35. The van der Waals surface area contributed by atoms with Crippen LogP contribution in [0, 0.1) is 0 Å². The predicted molar refractivity (Wildman–Crippen MR) is 86.7 cm³/mol. The normalized spacial score (nSPS) is 19.1. The average Bonchev–Trinajstić information content (AvgIpc) is 2.98. The highest BCUT2D eigenvalue weighted by Gasteiger charge is 2.23. The molecule has 2 unspecified atom stereocenters. The van der Waals surface area contributed by atoms with E-state index in [1.54, 1.807) is 0 Å². The quantitative estimate of drug-likeness (QED) is 0.878. The highest BCUT2D eigenvalue weighted by atomic mass is 35.5. The van der Waals surface area contributed by atoms with Crippen LogP contribution in [0.4, 0.5) is 0 Å². The summed E-state index contributed by atoms with van der Waals surface area (Å²) in [7, 11) is 0. The Hall–Kier alpha value is -1.10. The Bertz CT molecular complexity index is 442. The summed E-state index contributed by atoms with van der Waals surface area (Å²) < 4.78 is 5.34. The molecule has 1 aliphatic heterocycles. The third-order valence-electron chi connectivity index (χ3n) is 3.75. The summed E-state index contributed by atoms with van der Waals surface area (Å²) in [4.78, 5) is 11.8. The Morgan fingerprint density at radius 2 is 1.95 bits per heavy atom. The van der Waals surface area contributed by atoms with Gasteiger partial charge >= 0.3 is 0 Å². The number of nitrogens with two attached hydrogens (primary N) is 1. The average molecular weight is 313 g/mol. The Morgan fingerprint density at radius 3 is 2.48 bits per heavy atom. The molecule has 2 rings (SSSR count). The van der Waals surface area contributed by atoms with E-state index < -0.39 is 0 Å². The number of hydrogen-bond donors (Lipinski definition) is 2. The standard InChI is InChI=1S/C16H24N2O2.ClH/c1-11(2)12-5-7-13(8-6-12)14(17)10-18-16(19)15-4-3-9-20-15;/h5-8,11,14-15H,3-4,9-10,17H2,1-2H3,(H,18,19);1H. The third-order valence-corrected chi connectivity index (χ3v) is 3.75. The van der Waals surface area contributed by atoms with E-state index in [1.165, 1.54) is 5.56 Å². The molecule has 0 radical (unpaired) electrons. The molecule has 1 aromatic carbocycles. The Labute approximate surface area is 132 Å². The van der Waals surface area contributed by atoms with Gasteiger partial charge in [0.05, 0.1) is 0 Å². The zero-order valence-electron chi connectivity index (χ0n) is 12.7. The van der Waals surface area contributed by atoms with E-state index in [4.69, 9.17) is 10.5 Å². The van der Waals surface area contributed by atoms with Crippen molar-refractivity contribution in [3.8, 4) is 0 Å². The number of ether oxygens (including phenoxy) is 1. The fraction of sp³-hybridized carbons (Fsp3) is 0.562. The van der Waals surface area contributed by atoms with Gasteiger partial charge in [-0.2, -0.15) is 0 Å². The maximum absolute atomic E-state index is 11.8. The molecule has 0 saturated carbocycles. The van der Waals surface area contributed by atoms with Crippen LogP contribution in [-0.2, 0) is 9.53 Å². The molecule has 1 aliphatic rings. The summed E-state index contributed by atoms with van der Waals surface area (Å²) in [6.45, 7) is 5.45. The Morgan fingerprint density at radius 1 is 1.33 bits per heavy atom. The summed E-state index contributed by atoms with van der Waals surface area (Å²) in [5, 5.41) is 2.87. The molecular weight excluding hydrogens is 288 g/mol. The second kappa shape index (κ2) is 8.37. The van der Waals surface area contributed by atoms with E-state index in [2.05, 4.69) is 31.3 Å². The maximum atomic E-state index is 11.8. The number of amides is 1. The van der Waals surface area contributed by atoms with Crippen LogP contribution >= 0.6 is 12.4 Å². The van der Waals surface area contributed by atoms with E-state index in [0.29, 0.717) is 19.1 Å². The van der Waals surface area contributed by atoms with Crippen LogP contribution in [0.3, 0.4) is 0 Å². The largest absolute Gasteiger partial charge is 0.368 e. The van der Waals surface area contributed by atoms with Gasteiger partial charge in [0.2, 0.25) is 5.91 Å². The van der Waals surface area contributed by atoms with Crippen molar-refractivity contribution in [3.05, 3.63) is 35.4 Å². The van der Waals surface area contributed by atoms with Gasteiger partial charge < -0.3 is 15.8 Å². The number of nitrogens with one attached hydrogen (secondary N) is 1. The minimum absolute atomic E-state index is 0. The lowest BCUT2D eigenvalue weighted by atomic mass is 9.99. The van der Waals surface area contributed by atoms with Crippen molar-refractivity contribution >= 4 is 18.3 Å². The van der Waals surface area contributed by atoms with Crippen molar-refractivity contribution in [1.82, 2.24) is 5.32 Å². The number of carbonyl (C=O) groups excluding carboxylic acids is 1. The smallest absolute Gasteiger partial charge is 0.249 e. The zero-order chi connectivity index (χ0) is 14.5. The lowest BCUT2D eigenvalue weighted by Gasteiger charge is -2.16. The minimum Gasteiger partial charge on any atom is -0.368 e. The summed E-state index contributed by atoms with van der Waals surface area (Å²) in [5.41, 5.74) is 8.45. The van der Waals surface area contributed by atoms with Crippen LogP contribution in [-0.4, -0.2) is 25.2 Å². The number of benzene rings is 1. The van der Waals surface area contributed by atoms with Crippen molar-refractivity contribution in [2.75, 3.05) is 13.2 Å². The fourth-order valence-electron chi connectivity index (χ4n) is 2.35. The summed E-state index contributed by atoms with van der Waals surface area (Å²) in [5.74, 6) is 0.469. The van der Waals surface area contributed by atoms with Crippen molar-refractivity contribution in [1.29, 1.82) is 0 Å². The first-order valence-corrected chi connectivity index (χ1v) is 7.32. The molecule has 1 aromatic rings. The molecule has 5 heteroatoms. The molecule has 3 N–H and O–H groups in total. The summed E-state index contributed by atoms with van der Waals surface area (Å²) in [6.07, 6.45) is 1.48. The van der Waals surface area contributed by atoms with Gasteiger partial charge in [0.25, 0.3) is 0 Å². The molecule has 0 aromatic heterocycles. The molecule has 4 nitrogen and oxygen atoms in total. The number of carbonyl (C=O) groups is 1. The van der Waals surface area contributed by atoms with Crippen LogP contribution in [0.25, 0.3) is 0 Å². The van der Waals surface area contributed by atoms with Gasteiger partial charge in [-0.15, -0.1) is 12.4 Å². The first kappa shape index (κ1) is 18.0. The molecule has 0 bridgehead atoms. The maximum Gasteiger partial charge on any atom is 0.249 e. The van der Waals surface area contributed by atoms with Gasteiger partial charge in [-0.05, 0) is 29.9 Å². The topological polar surface area (TPSA) is 64.3 Å². The zero-order valence-corrected chi connectivity index (χ0v) is 13.5. The van der Waals surface area contributed by atoms with Crippen molar-refractivity contribution in [2.24, 2.45) is 5.73 Å². The first-order chi connectivity index (χ1) is 9.58. The van der Waals surface area contributed by atoms with E-state index in [0.717, 1.165) is 18.4 Å². The van der Waals surface area contributed by atoms with Crippen LogP contribution < -0.4 is 11.1 Å². The number of hydrogen-bond acceptors (Lipinski definition) is 3. The van der Waals surface area contributed by atoms with Crippen LogP contribution in [0.2, 0.25) is 0 Å². The Kier molecular flexibility index (Phi) is 7.15. The van der Waals surface area contributed by atoms with Crippen LogP contribution in [0.15, 0.2) is 24.3 Å². The lowest BCUT2D eigenvalue weighted by Crippen LogP contribution is -2.38. The second-order valence-electron chi connectivity index (χ2n) is 5.67. The second-order valence-corrected chi connectivity index (χ2v) is 5.67. The van der Waals surface area contributed by atoms with Gasteiger partial charge in [-0.25, -0.2) is 0 Å². The minimum atomic E-state index is -0.287. The molecule has 1 fully saturated rings. The highest BCUT2D eigenvalue weighted by Crippen LogP contribution is 2.17. The van der Waals surface area contributed by atoms with Crippen molar-refractivity contribution in [3.63, 3.8) is 0 Å². The van der Waals surface area contributed by atoms with Crippen LogP contribution in [0.5, 0.6) is 0 Å². The molecule has 118 valence electrons. The summed E-state index contributed by atoms with van der Waals surface area (Å²) in [6, 6.07) is 8.10. The van der Waals surface area contributed by atoms with Gasteiger partial charge in [0.15, 0.2) is 0 Å². The SMILES string of the molecule is CC(C)c1ccc(C(N)CNC(=O)C2CCCO2)cc1.Cl. The molecule has 1 heterocycles. The number of halogens is 1. The third kappa shape index (κ3) is 4.99. The van der Waals surface area contributed by atoms with E-state index in [-0.39, 0.29) is 30.5 Å². The van der Waals surface area contributed by atoms with Crippen molar-refractivity contribution in [2.45, 2.75) is 44.8 Å². The van der Waals surface area contributed by atoms with Gasteiger partial charge in [0.1, 0.15) is 6.10 Å². The van der Waals surface area contributed by atoms with E-state index >= 15 is 0 Å². The van der Waals surface area contributed by atoms with Gasteiger partial charge in [-0.1, -0.05) is 38.1 Å². The molecule has 2 atom stereocenters. The van der Waals surface area contributed by atoms with Crippen LogP contribution in [0.1, 0.15) is 49.8 Å². The highest BCUT2D eigenvalue weighted by molar-refractivity contribution is 5.85. The van der Waals surface area contributed by atoms with E-state index in [1.807, 2.05) is 12.1 Å². The molecular formula is C16H25ClN2O2. The molecule has 0 aliphatic carbocycles. The lowest BCUT2D eigenvalue weighted by molar-refractivity contribution is -0.130. The molecule has 0 spiro atoms. The van der Waals surface area contributed by atoms with Gasteiger partial charge in [0, 0.05) is 19.2 Å². The monoisotopic (exact) mass is 312 g/mol. The molecule has 1 amide bonds. The van der Waals surface area contributed by atoms with E-state index in [9.17, 15) is 4.79 Å². The number of rotatable bonds is 5. The molecule has 1 saturated heterocycles. The van der Waals surface area contributed by atoms with Gasteiger partial charge in [-0.3, -0.25) is 4.79 Å². The summed E-state index contributed by atoms with van der Waals surface area (Å²) >= 11 is 0. The Balaban J connectivity index is 0.00000220. The molecule has 21 heavy (non-hydrogen) atoms.